The van der Waals surface area contributed by atoms with E-state index in [9.17, 15) is 18.0 Å². The van der Waals surface area contributed by atoms with Crippen LogP contribution in [-0.2, 0) is 16.4 Å². The van der Waals surface area contributed by atoms with Crippen LogP contribution in [0, 0.1) is 20.8 Å². The zero-order valence-corrected chi connectivity index (χ0v) is 19.7. The van der Waals surface area contributed by atoms with Crippen molar-refractivity contribution >= 4 is 26.7 Å². The van der Waals surface area contributed by atoms with E-state index in [1.807, 2.05) is 38.1 Å². The number of sulfonamides is 1. The molecule has 1 heterocycles. The molecule has 0 saturated heterocycles. The van der Waals surface area contributed by atoms with Gasteiger partial charge in [0.25, 0.3) is 10.0 Å². The van der Waals surface area contributed by atoms with E-state index in [4.69, 9.17) is 0 Å². The van der Waals surface area contributed by atoms with Gasteiger partial charge in [0.15, 0.2) is 0 Å². The molecule has 0 radical (unpaired) electrons. The molecule has 4 rings (SSSR count). The monoisotopic (exact) mass is 463 g/mol. The first-order valence-corrected chi connectivity index (χ1v) is 12.1. The topological polar surface area (TPSA) is 112 Å². The molecular formula is C25H25N3O4S. The van der Waals surface area contributed by atoms with Gasteiger partial charge in [-0.25, -0.2) is 8.42 Å². The number of rotatable bonds is 5. The summed E-state index contributed by atoms with van der Waals surface area (Å²) in [4.78, 5) is 28.2. The minimum absolute atomic E-state index is 0.0217. The molecule has 170 valence electrons. The summed E-state index contributed by atoms with van der Waals surface area (Å²) < 4.78 is 29.1. The number of anilines is 1. The normalized spacial score (nSPS) is 11.6. The summed E-state index contributed by atoms with van der Waals surface area (Å²) in [6.07, 6.45) is 0.901. The van der Waals surface area contributed by atoms with Crippen LogP contribution in [0.4, 0.5) is 5.69 Å². The number of nitrogens with one attached hydrogen (secondary N) is 3. The van der Waals surface area contributed by atoms with Crippen LogP contribution >= 0.6 is 0 Å². The van der Waals surface area contributed by atoms with Crippen LogP contribution < -0.4 is 15.8 Å². The number of aromatic nitrogens is 2. The lowest BCUT2D eigenvalue weighted by Crippen LogP contribution is -2.29. The highest BCUT2D eigenvalue weighted by molar-refractivity contribution is 7.92. The van der Waals surface area contributed by atoms with Gasteiger partial charge in [-0.15, -0.1) is 0 Å². The van der Waals surface area contributed by atoms with Crippen molar-refractivity contribution in [3.63, 3.8) is 0 Å². The molecular weight excluding hydrogens is 438 g/mol. The molecule has 3 aromatic carbocycles. The minimum Gasteiger partial charge on any atom is -0.316 e. The molecule has 4 aromatic rings. The number of hydrogen-bond acceptors (Lipinski definition) is 4. The Morgan fingerprint density at radius 3 is 2.00 bits per heavy atom. The fourth-order valence-corrected chi connectivity index (χ4v) is 5.57. The number of aryl methyl sites for hydroxylation is 4. The van der Waals surface area contributed by atoms with Crippen molar-refractivity contribution in [2.75, 3.05) is 4.72 Å². The molecule has 8 heteroatoms. The van der Waals surface area contributed by atoms with Gasteiger partial charge >= 0.3 is 11.1 Å². The standard InChI is InChI=1S/C25H25N3O4S/c1-5-17-8-6-7-9-19(17)23-15(3)10-18(11-16(23)4)28-33(31,32)22-13-21-20(12-14(22)2)26-24(29)25(30)27-21/h6-13,28H,5H2,1-4H3,(H,26,29)(H,27,30). The van der Waals surface area contributed by atoms with Crippen LogP contribution in [0.25, 0.3) is 22.2 Å². The second-order valence-corrected chi connectivity index (χ2v) is 9.82. The average Bonchev–Trinajstić information content (AvgIpc) is 2.74. The van der Waals surface area contributed by atoms with Gasteiger partial charge in [-0.05, 0) is 84.8 Å². The number of fused-ring (bicyclic) bond motifs is 1. The Balaban J connectivity index is 1.76. The van der Waals surface area contributed by atoms with Crippen molar-refractivity contribution in [3.8, 4) is 11.1 Å². The summed E-state index contributed by atoms with van der Waals surface area (Å²) in [5, 5.41) is 0. The second kappa shape index (κ2) is 8.37. The molecule has 0 spiro atoms. The average molecular weight is 464 g/mol. The molecule has 0 amide bonds. The van der Waals surface area contributed by atoms with E-state index in [2.05, 4.69) is 33.7 Å². The quantitative estimate of drug-likeness (QED) is 0.386. The Bertz CT molecular complexity index is 1590. The number of hydrogen-bond donors (Lipinski definition) is 3. The fourth-order valence-electron chi connectivity index (χ4n) is 4.27. The van der Waals surface area contributed by atoms with Gasteiger partial charge in [0.05, 0.1) is 15.9 Å². The van der Waals surface area contributed by atoms with Crippen molar-refractivity contribution in [1.29, 1.82) is 0 Å². The molecule has 0 fully saturated rings. The van der Waals surface area contributed by atoms with Gasteiger partial charge in [0.2, 0.25) is 0 Å². The lowest BCUT2D eigenvalue weighted by Gasteiger charge is -2.17. The van der Waals surface area contributed by atoms with Crippen LogP contribution in [-0.4, -0.2) is 18.4 Å². The molecule has 0 aliphatic heterocycles. The molecule has 0 bridgehead atoms. The Hall–Kier alpha value is -3.65. The summed E-state index contributed by atoms with van der Waals surface area (Å²) in [5.41, 5.74) is 5.28. The molecule has 0 atom stereocenters. The van der Waals surface area contributed by atoms with Crippen molar-refractivity contribution in [1.82, 2.24) is 9.97 Å². The van der Waals surface area contributed by atoms with Crippen LogP contribution in [0.1, 0.15) is 29.2 Å². The van der Waals surface area contributed by atoms with E-state index in [0.29, 0.717) is 16.8 Å². The molecule has 0 unspecified atom stereocenters. The Labute approximate surface area is 191 Å². The zero-order valence-electron chi connectivity index (χ0n) is 18.9. The maximum absolute atomic E-state index is 13.2. The fraction of sp³-hybridized carbons (Fsp3) is 0.200. The second-order valence-electron chi connectivity index (χ2n) is 8.17. The smallest absolute Gasteiger partial charge is 0.314 e. The Kier molecular flexibility index (Phi) is 5.71. The molecule has 0 aliphatic rings. The molecule has 7 nitrogen and oxygen atoms in total. The van der Waals surface area contributed by atoms with Crippen molar-refractivity contribution in [2.45, 2.75) is 39.0 Å². The van der Waals surface area contributed by atoms with E-state index in [1.165, 1.54) is 17.7 Å². The van der Waals surface area contributed by atoms with Crippen LogP contribution in [0.15, 0.2) is 63.0 Å². The maximum atomic E-state index is 13.2. The summed E-state index contributed by atoms with van der Waals surface area (Å²) in [5.74, 6) is 0. The lowest BCUT2D eigenvalue weighted by atomic mass is 9.91. The summed E-state index contributed by atoms with van der Waals surface area (Å²) in [7, 11) is -3.95. The predicted molar refractivity (Wildman–Crippen MR) is 131 cm³/mol. The van der Waals surface area contributed by atoms with Crippen molar-refractivity contribution in [2.24, 2.45) is 0 Å². The van der Waals surface area contributed by atoms with E-state index >= 15 is 0 Å². The highest BCUT2D eigenvalue weighted by atomic mass is 32.2. The third kappa shape index (κ3) is 4.21. The third-order valence-electron chi connectivity index (χ3n) is 5.76. The van der Waals surface area contributed by atoms with Gasteiger partial charge in [-0.1, -0.05) is 31.2 Å². The first-order valence-electron chi connectivity index (χ1n) is 10.6. The third-order valence-corrected chi connectivity index (χ3v) is 7.28. The summed E-state index contributed by atoms with van der Waals surface area (Å²) in [6, 6.07) is 14.7. The number of benzene rings is 3. The zero-order chi connectivity index (χ0) is 23.9. The first kappa shape index (κ1) is 22.5. The van der Waals surface area contributed by atoms with Crippen molar-refractivity contribution < 1.29 is 8.42 Å². The highest BCUT2D eigenvalue weighted by Crippen LogP contribution is 2.33. The largest absolute Gasteiger partial charge is 0.316 e. The summed E-state index contributed by atoms with van der Waals surface area (Å²) in [6.45, 7) is 7.68. The van der Waals surface area contributed by atoms with E-state index in [1.54, 1.807) is 6.92 Å². The first-order chi connectivity index (χ1) is 15.6. The summed E-state index contributed by atoms with van der Waals surface area (Å²) >= 11 is 0. The lowest BCUT2D eigenvalue weighted by molar-refractivity contribution is 0.600. The highest BCUT2D eigenvalue weighted by Gasteiger charge is 2.20. The molecule has 0 saturated carbocycles. The van der Waals surface area contributed by atoms with Gasteiger partial charge in [-0.3, -0.25) is 14.3 Å². The molecule has 1 aromatic heterocycles. The van der Waals surface area contributed by atoms with Crippen molar-refractivity contribution in [3.05, 3.63) is 91.5 Å². The molecule has 33 heavy (non-hydrogen) atoms. The van der Waals surface area contributed by atoms with Crippen LogP contribution in [0.5, 0.6) is 0 Å². The number of aromatic amines is 2. The van der Waals surface area contributed by atoms with E-state index in [0.717, 1.165) is 28.7 Å². The Morgan fingerprint density at radius 1 is 0.818 bits per heavy atom. The number of H-pyrrole nitrogens is 2. The predicted octanol–water partition coefficient (Wildman–Crippen LogP) is 4.17. The van der Waals surface area contributed by atoms with Crippen LogP contribution in [0.2, 0.25) is 0 Å². The van der Waals surface area contributed by atoms with E-state index < -0.39 is 21.1 Å². The van der Waals surface area contributed by atoms with Gasteiger partial charge in [-0.2, -0.15) is 0 Å². The molecule has 0 aliphatic carbocycles. The van der Waals surface area contributed by atoms with Gasteiger partial charge < -0.3 is 9.97 Å². The van der Waals surface area contributed by atoms with Gasteiger partial charge in [0, 0.05) is 5.69 Å². The SMILES string of the molecule is CCc1ccccc1-c1c(C)cc(NS(=O)(=O)c2cc3[nH]c(=O)c(=O)[nH]c3cc2C)cc1C. The van der Waals surface area contributed by atoms with Crippen LogP contribution in [0.3, 0.4) is 0 Å². The Morgan fingerprint density at radius 2 is 1.39 bits per heavy atom. The van der Waals surface area contributed by atoms with Gasteiger partial charge in [0.1, 0.15) is 0 Å². The molecule has 3 N–H and O–H groups in total. The minimum atomic E-state index is -3.95. The van der Waals surface area contributed by atoms with E-state index in [-0.39, 0.29) is 10.4 Å². The maximum Gasteiger partial charge on any atom is 0.314 e.